The van der Waals surface area contributed by atoms with Crippen molar-refractivity contribution in [2.45, 2.75) is 6.92 Å². The van der Waals surface area contributed by atoms with E-state index >= 15 is 0 Å². The third-order valence-electron chi connectivity index (χ3n) is 1.15. The lowest BCUT2D eigenvalue weighted by Gasteiger charge is -2.03. The number of rotatable bonds is 1. The highest BCUT2D eigenvalue weighted by Gasteiger charge is 2.03. The highest BCUT2D eigenvalue weighted by atomic mass is 127. The van der Waals surface area contributed by atoms with Crippen LogP contribution in [0, 0.1) is 3.57 Å². The van der Waals surface area contributed by atoms with Crippen molar-refractivity contribution in [2.75, 3.05) is 0 Å². The number of hydrogen-bond acceptors (Lipinski definition) is 2. The zero-order valence-corrected chi connectivity index (χ0v) is 9.22. The van der Waals surface area contributed by atoms with E-state index in [4.69, 9.17) is 16.3 Å². The summed E-state index contributed by atoms with van der Waals surface area (Å²) in [5, 5.41) is 0.450. The van der Waals surface area contributed by atoms with E-state index in [0.717, 1.165) is 3.57 Å². The minimum absolute atomic E-state index is 0.362. The summed E-state index contributed by atoms with van der Waals surface area (Å²) in [5.41, 5.74) is 0. The van der Waals surface area contributed by atoms with E-state index in [1.165, 1.54) is 6.92 Å². The Labute approximate surface area is 89.0 Å². The minimum atomic E-state index is -0.362. The van der Waals surface area contributed by atoms with Gasteiger partial charge in [-0.2, -0.15) is 0 Å². The van der Waals surface area contributed by atoms with Gasteiger partial charge in [-0.05, 0) is 40.8 Å². The maximum absolute atomic E-state index is 10.6. The minimum Gasteiger partial charge on any atom is -0.425 e. The van der Waals surface area contributed by atoms with Crippen LogP contribution in [-0.2, 0) is 4.79 Å². The molecule has 0 fully saturated rings. The van der Waals surface area contributed by atoms with Crippen molar-refractivity contribution in [3.63, 3.8) is 0 Å². The van der Waals surface area contributed by atoms with E-state index in [1.54, 1.807) is 12.1 Å². The summed E-state index contributed by atoms with van der Waals surface area (Å²) in [6.07, 6.45) is 0. The molecule has 0 radical (unpaired) electrons. The average Bonchev–Trinajstić information content (AvgIpc) is 1.96. The highest BCUT2D eigenvalue weighted by molar-refractivity contribution is 14.1. The number of carbonyl (C=O) groups excluding carboxylic acids is 1. The van der Waals surface area contributed by atoms with Crippen molar-refractivity contribution in [3.05, 3.63) is 26.8 Å². The SMILES string of the molecule is CC(=O)Oc1cc(I)ccc1Cl. The Morgan fingerprint density at radius 3 is 2.83 bits per heavy atom. The molecule has 12 heavy (non-hydrogen) atoms. The molecule has 0 amide bonds. The van der Waals surface area contributed by atoms with E-state index in [9.17, 15) is 4.79 Å². The molecule has 1 aromatic carbocycles. The summed E-state index contributed by atoms with van der Waals surface area (Å²) in [7, 11) is 0. The van der Waals surface area contributed by atoms with E-state index in [0.29, 0.717) is 10.8 Å². The monoisotopic (exact) mass is 296 g/mol. The second kappa shape index (κ2) is 4.09. The van der Waals surface area contributed by atoms with Crippen LogP contribution in [0.15, 0.2) is 18.2 Å². The Kier molecular flexibility index (Phi) is 3.34. The lowest BCUT2D eigenvalue weighted by atomic mass is 10.3. The van der Waals surface area contributed by atoms with Gasteiger partial charge < -0.3 is 4.74 Å². The third kappa shape index (κ3) is 2.64. The molecule has 64 valence electrons. The van der Waals surface area contributed by atoms with Crippen molar-refractivity contribution >= 4 is 40.2 Å². The lowest BCUT2D eigenvalue weighted by Crippen LogP contribution is -2.01. The standard InChI is InChI=1S/C8H6ClIO2/c1-5(11)12-8-4-6(10)2-3-7(8)9/h2-4H,1H3. The van der Waals surface area contributed by atoms with Gasteiger partial charge in [0.15, 0.2) is 0 Å². The van der Waals surface area contributed by atoms with Crippen molar-refractivity contribution in [1.29, 1.82) is 0 Å². The molecule has 0 aliphatic carbocycles. The quantitative estimate of drug-likeness (QED) is 0.452. The summed E-state index contributed by atoms with van der Waals surface area (Å²) >= 11 is 7.88. The predicted molar refractivity (Wildman–Crippen MR) is 55.5 cm³/mol. The van der Waals surface area contributed by atoms with Crippen molar-refractivity contribution in [1.82, 2.24) is 0 Å². The van der Waals surface area contributed by atoms with Gasteiger partial charge in [-0.3, -0.25) is 4.79 Å². The molecule has 2 nitrogen and oxygen atoms in total. The molecule has 0 saturated heterocycles. The summed E-state index contributed by atoms with van der Waals surface area (Å²) < 4.78 is 5.83. The van der Waals surface area contributed by atoms with Gasteiger partial charge >= 0.3 is 5.97 Å². The Balaban J connectivity index is 2.97. The van der Waals surface area contributed by atoms with Crippen LogP contribution >= 0.6 is 34.2 Å². The third-order valence-corrected chi connectivity index (χ3v) is 2.13. The molecule has 1 rings (SSSR count). The normalized spacial score (nSPS) is 9.58. The molecular formula is C8H6ClIO2. The van der Waals surface area contributed by atoms with Crippen molar-refractivity contribution in [3.8, 4) is 5.75 Å². The number of benzene rings is 1. The van der Waals surface area contributed by atoms with E-state index in [2.05, 4.69) is 22.6 Å². The van der Waals surface area contributed by atoms with Crippen LogP contribution in [0.2, 0.25) is 5.02 Å². The van der Waals surface area contributed by atoms with Gasteiger partial charge in [0.1, 0.15) is 5.75 Å². The van der Waals surface area contributed by atoms with E-state index < -0.39 is 0 Å². The summed E-state index contributed by atoms with van der Waals surface area (Å²) in [6.45, 7) is 1.34. The Morgan fingerprint density at radius 1 is 1.58 bits per heavy atom. The van der Waals surface area contributed by atoms with Crippen LogP contribution in [0.25, 0.3) is 0 Å². The molecule has 0 atom stereocenters. The molecule has 4 heteroatoms. The molecule has 0 aliphatic rings. The zero-order chi connectivity index (χ0) is 9.14. The van der Waals surface area contributed by atoms with Gasteiger partial charge in [0, 0.05) is 10.5 Å². The predicted octanol–water partition coefficient (Wildman–Crippen LogP) is 2.87. The van der Waals surface area contributed by atoms with Crippen LogP contribution in [0.3, 0.4) is 0 Å². The first-order valence-electron chi connectivity index (χ1n) is 3.23. The second-order valence-electron chi connectivity index (χ2n) is 2.17. The maximum atomic E-state index is 10.6. The molecule has 0 aliphatic heterocycles. The molecular weight excluding hydrogens is 290 g/mol. The molecule has 0 spiro atoms. The number of carbonyl (C=O) groups is 1. The van der Waals surface area contributed by atoms with Gasteiger partial charge in [0.2, 0.25) is 0 Å². The second-order valence-corrected chi connectivity index (χ2v) is 3.82. The Morgan fingerprint density at radius 2 is 2.25 bits per heavy atom. The number of ether oxygens (including phenoxy) is 1. The molecule has 0 aromatic heterocycles. The molecule has 0 bridgehead atoms. The summed E-state index contributed by atoms with van der Waals surface area (Å²) in [5.74, 6) is 0.0509. The fourth-order valence-electron chi connectivity index (χ4n) is 0.710. The molecule has 0 unspecified atom stereocenters. The molecule has 0 N–H and O–H groups in total. The van der Waals surface area contributed by atoms with Gasteiger partial charge in [0.05, 0.1) is 5.02 Å². The van der Waals surface area contributed by atoms with Crippen LogP contribution in [0.4, 0.5) is 0 Å². The number of esters is 1. The van der Waals surface area contributed by atoms with Gasteiger partial charge in [-0.25, -0.2) is 0 Å². The fourth-order valence-corrected chi connectivity index (χ4v) is 1.33. The van der Waals surface area contributed by atoms with E-state index in [-0.39, 0.29) is 5.97 Å². The van der Waals surface area contributed by atoms with Crippen LogP contribution < -0.4 is 4.74 Å². The van der Waals surface area contributed by atoms with Crippen LogP contribution in [-0.4, -0.2) is 5.97 Å². The fraction of sp³-hybridized carbons (Fsp3) is 0.125. The number of halogens is 2. The molecule has 0 heterocycles. The maximum Gasteiger partial charge on any atom is 0.308 e. The average molecular weight is 296 g/mol. The first-order valence-corrected chi connectivity index (χ1v) is 4.69. The van der Waals surface area contributed by atoms with Gasteiger partial charge in [0.25, 0.3) is 0 Å². The van der Waals surface area contributed by atoms with E-state index in [1.807, 2.05) is 6.07 Å². The first-order chi connectivity index (χ1) is 5.59. The van der Waals surface area contributed by atoms with Crippen molar-refractivity contribution < 1.29 is 9.53 Å². The Hall–Kier alpha value is -0.290. The highest BCUT2D eigenvalue weighted by Crippen LogP contribution is 2.26. The lowest BCUT2D eigenvalue weighted by molar-refractivity contribution is -0.131. The first kappa shape index (κ1) is 9.80. The van der Waals surface area contributed by atoms with Crippen LogP contribution in [0.1, 0.15) is 6.92 Å². The number of hydrogen-bond donors (Lipinski definition) is 0. The van der Waals surface area contributed by atoms with Gasteiger partial charge in [-0.15, -0.1) is 0 Å². The van der Waals surface area contributed by atoms with Crippen molar-refractivity contribution in [2.24, 2.45) is 0 Å². The smallest absolute Gasteiger partial charge is 0.308 e. The summed E-state index contributed by atoms with van der Waals surface area (Å²) in [4.78, 5) is 10.6. The molecule has 1 aromatic rings. The topological polar surface area (TPSA) is 26.3 Å². The molecule has 0 saturated carbocycles. The largest absolute Gasteiger partial charge is 0.425 e. The van der Waals surface area contributed by atoms with Crippen LogP contribution in [0.5, 0.6) is 5.75 Å². The van der Waals surface area contributed by atoms with Gasteiger partial charge in [-0.1, -0.05) is 11.6 Å². The zero-order valence-electron chi connectivity index (χ0n) is 6.30. The Bertz CT molecular complexity index is 312. The summed E-state index contributed by atoms with van der Waals surface area (Å²) in [6, 6.07) is 5.25.